The van der Waals surface area contributed by atoms with Crippen LogP contribution in [-0.4, -0.2) is 30.1 Å². The van der Waals surface area contributed by atoms with Gasteiger partial charge in [-0.05, 0) is 31.0 Å². The van der Waals surface area contributed by atoms with Gasteiger partial charge in [-0.2, -0.15) is 13.2 Å². The molecule has 0 atom stereocenters. The van der Waals surface area contributed by atoms with E-state index >= 15 is 0 Å². The first kappa shape index (κ1) is 15.1. The number of benzene rings is 1. The monoisotopic (exact) mass is 347 g/mol. The molecule has 1 aromatic rings. The Hall–Kier alpha value is -1.30. The van der Waals surface area contributed by atoms with Crippen molar-refractivity contribution in [2.24, 2.45) is 0 Å². The van der Waals surface area contributed by atoms with Gasteiger partial charge in [-0.3, -0.25) is 4.79 Å². The highest BCUT2D eigenvalue weighted by Gasteiger charge is 2.35. The van der Waals surface area contributed by atoms with Gasteiger partial charge in [0, 0.05) is 28.7 Å². The predicted octanol–water partition coefficient (Wildman–Crippen LogP) is 4.09. The van der Waals surface area contributed by atoms with E-state index in [4.69, 9.17) is 0 Å². The van der Waals surface area contributed by atoms with Crippen LogP contribution >= 0.6 is 15.9 Å². The van der Waals surface area contributed by atoms with Crippen molar-refractivity contribution >= 4 is 21.8 Å². The highest BCUT2D eigenvalue weighted by molar-refractivity contribution is 9.10. The van der Waals surface area contributed by atoms with Crippen LogP contribution in [0.1, 0.15) is 22.3 Å². The minimum atomic E-state index is -4.29. The molecule has 1 heterocycles. The first-order valence-corrected chi connectivity index (χ1v) is 6.90. The van der Waals surface area contributed by atoms with Gasteiger partial charge in [0.1, 0.15) is 0 Å². The van der Waals surface area contributed by atoms with E-state index in [0.717, 1.165) is 16.1 Å². The third-order valence-electron chi connectivity index (χ3n) is 3.28. The molecule has 1 aliphatic rings. The van der Waals surface area contributed by atoms with Crippen LogP contribution in [-0.2, 0) is 0 Å². The van der Waals surface area contributed by atoms with E-state index < -0.39 is 11.7 Å². The Morgan fingerprint density at radius 2 is 2.05 bits per heavy atom. The number of rotatable bonds is 1. The molecule has 2 nitrogen and oxygen atoms in total. The van der Waals surface area contributed by atoms with Crippen LogP contribution in [0, 0.1) is 6.92 Å². The highest BCUT2D eigenvalue weighted by Crippen LogP contribution is 2.30. The molecule has 0 fully saturated rings. The number of amides is 1. The van der Waals surface area contributed by atoms with Gasteiger partial charge in [0.2, 0.25) is 0 Å². The van der Waals surface area contributed by atoms with Crippen molar-refractivity contribution in [2.75, 3.05) is 13.1 Å². The van der Waals surface area contributed by atoms with Gasteiger partial charge in [0.15, 0.2) is 0 Å². The van der Waals surface area contributed by atoms with Crippen molar-refractivity contribution in [3.05, 3.63) is 45.4 Å². The fourth-order valence-corrected chi connectivity index (χ4v) is 2.40. The van der Waals surface area contributed by atoms with Crippen LogP contribution in [0.5, 0.6) is 0 Å². The van der Waals surface area contributed by atoms with Gasteiger partial charge in [-0.25, -0.2) is 0 Å². The molecular formula is C14H13BrF3NO. The van der Waals surface area contributed by atoms with E-state index in [0.29, 0.717) is 5.56 Å². The SMILES string of the molecule is Cc1ccc(C(=O)N2CC=C(C(F)(F)F)CC2)cc1Br. The third kappa shape index (κ3) is 3.23. The smallest absolute Gasteiger partial charge is 0.335 e. The molecule has 108 valence electrons. The zero-order valence-corrected chi connectivity index (χ0v) is 12.4. The van der Waals surface area contributed by atoms with Crippen LogP contribution in [0.4, 0.5) is 13.2 Å². The zero-order valence-electron chi connectivity index (χ0n) is 10.8. The highest BCUT2D eigenvalue weighted by atomic mass is 79.9. The molecule has 6 heteroatoms. The van der Waals surface area contributed by atoms with Crippen molar-refractivity contribution < 1.29 is 18.0 Å². The van der Waals surface area contributed by atoms with E-state index in [1.54, 1.807) is 18.2 Å². The van der Waals surface area contributed by atoms with Crippen LogP contribution in [0.25, 0.3) is 0 Å². The van der Waals surface area contributed by atoms with Gasteiger partial charge in [-0.15, -0.1) is 0 Å². The van der Waals surface area contributed by atoms with E-state index in [1.165, 1.54) is 4.90 Å². The summed E-state index contributed by atoms with van der Waals surface area (Å²) in [6.07, 6.45) is -3.35. The molecule has 2 rings (SSSR count). The molecule has 0 unspecified atom stereocenters. The summed E-state index contributed by atoms with van der Waals surface area (Å²) in [6.45, 7) is 1.99. The Balaban J connectivity index is 2.12. The summed E-state index contributed by atoms with van der Waals surface area (Å²) in [4.78, 5) is 13.6. The Morgan fingerprint density at radius 1 is 1.35 bits per heavy atom. The number of halogens is 4. The minimum Gasteiger partial charge on any atom is -0.335 e. The van der Waals surface area contributed by atoms with Crippen LogP contribution in [0.3, 0.4) is 0 Å². The van der Waals surface area contributed by atoms with Crippen molar-refractivity contribution in [2.45, 2.75) is 19.5 Å². The molecule has 0 spiro atoms. The summed E-state index contributed by atoms with van der Waals surface area (Å²) >= 11 is 3.34. The van der Waals surface area contributed by atoms with Gasteiger partial charge < -0.3 is 4.90 Å². The second-order valence-electron chi connectivity index (χ2n) is 4.69. The fraction of sp³-hybridized carbons (Fsp3) is 0.357. The molecule has 0 bridgehead atoms. The maximum Gasteiger partial charge on any atom is 0.412 e. The Bertz CT molecular complexity index is 566. The molecule has 20 heavy (non-hydrogen) atoms. The second-order valence-corrected chi connectivity index (χ2v) is 5.55. The molecule has 0 saturated heterocycles. The summed E-state index contributed by atoms with van der Waals surface area (Å²) < 4.78 is 38.3. The topological polar surface area (TPSA) is 20.3 Å². The largest absolute Gasteiger partial charge is 0.412 e. The quantitative estimate of drug-likeness (QED) is 0.700. The van der Waals surface area contributed by atoms with E-state index in [2.05, 4.69) is 15.9 Å². The first-order valence-electron chi connectivity index (χ1n) is 6.10. The Morgan fingerprint density at radius 3 is 2.55 bits per heavy atom. The molecular weight excluding hydrogens is 335 g/mol. The van der Waals surface area contributed by atoms with E-state index in [-0.39, 0.29) is 25.4 Å². The van der Waals surface area contributed by atoms with Crippen molar-refractivity contribution in [1.82, 2.24) is 4.90 Å². The molecule has 0 radical (unpaired) electrons. The Labute approximate surface area is 123 Å². The van der Waals surface area contributed by atoms with E-state index in [9.17, 15) is 18.0 Å². The average Bonchev–Trinajstić information content (AvgIpc) is 2.40. The van der Waals surface area contributed by atoms with Crippen LogP contribution in [0.2, 0.25) is 0 Å². The summed E-state index contributed by atoms with van der Waals surface area (Å²) in [5, 5.41) is 0. The van der Waals surface area contributed by atoms with Gasteiger partial charge in [0.25, 0.3) is 5.91 Å². The molecule has 0 N–H and O–H groups in total. The standard InChI is InChI=1S/C14H13BrF3NO/c1-9-2-3-10(8-12(9)15)13(20)19-6-4-11(5-7-19)14(16,17)18/h2-4,8H,5-7H2,1H3. The van der Waals surface area contributed by atoms with Crippen molar-refractivity contribution in [3.8, 4) is 0 Å². The molecule has 1 aromatic carbocycles. The summed E-state index contributed by atoms with van der Waals surface area (Å²) in [7, 11) is 0. The van der Waals surface area contributed by atoms with Crippen LogP contribution in [0.15, 0.2) is 34.3 Å². The minimum absolute atomic E-state index is 0.000821. The molecule has 0 aliphatic carbocycles. The number of hydrogen-bond acceptors (Lipinski definition) is 1. The average molecular weight is 348 g/mol. The van der Waals surface area contributed by atoms with E-state index in [1.807, 2.05) is 6.92 Å². The Kier molecular flexibility index (Phi) is 4.22. The lowest BCUT2D eigenvalue weighted by molar-refractivity contribution is -0.0957. The van der Waals surface area contributed by atoms with Gasteiger partial charge >= 0.3 is 6.18 Å². The maximum atomic E-state index is 12.5. The molecule has 0 aromatic heterocycles. The number of carbonyl (C=O) groups excluding carboxylic acids is 1. The number of nitrogens with zero attached hydrogens (tertiary/aromatic N) is 1. The first-order chi connectivity index (χ1) is 9.29. The second kappa shape index (κ2) is 5.60. The number of carbonyl (C=O) groups is 1. The van der Waals surface area contributed by atoms with Gasteiger partial charge in [0.05, 0.1) is 0 Å². The lowest BCUT2D eigenvalue weighted by Gasteiger charge is -2.27. The lowest BCUT2D eigenvalue weighted by Crippen LogP contribution is -2.36. The number of alkyl halides is 3. The van der Waals surface area contributed by atoms with Crippen molar-refractivity contribution in [1.29, 1.82) is 0 Å². The molecule has 1 amide bonds. The van der Waals surface area contributed by atoms with Crippen molar-refractivity contribution in [3.63, 3.8) is 0 Å². The number of hydrogen-bond donors (Lipinski definition) is 0. The predicted molar refractivity (Wildman–Crippen MR) is 73.5 cm³/mol. The third-order valence-corrected chi connectivity index (χ3v) is 4.13. The normalized spacial score (nSPS) is 16.1. The summed E-state index contributed by atoms with van der Waals surface area (Å²) in [6, 6.07) is 5.18. The zero-order chi connectivity index (χ0) is 14.9. The molecule has 1 aliphatic heterocycles. The van der Waals surface area contributed by atoms with Gasteiger partial charge in [-0.1, -0.05) is 28.1 Å². The summed E-state index contributed by atoms with van der Waals surface area (Å²) in [5.41, 5.74) is 0.928. The lowest BCUT2D eigenvalue weighted by atomic mass is 10.1. The molecule has 0 saturated carbocycles. The van der Waals surface area contributed by atoms with Crippen LogP contribution < -0.4 is 0 Å². The fourth-order valence-electron chi connectivity index (χ4n) is 2.02. The number of aryl methyl sites for hydroxylation is 1. The maximum absolute atomic E-state index is 12.5. The summed E-state index contributed by atoms with van der Waals surface area (Å²) in [5.74, 6) is -0.247.